The van der Waals surface area contributed by atoms with Crippen molar-refractivity contribution in [3.8, 4) is 11.4 Å². The molecule has 0 radical (unpaired) electrons. The van der Waals surface area contributed by atoms with Crippen LogP contribution in [0.25, 0.3) is 11.4 Å². The lowest BCUT2D eigenvalue weighted by molar-refractivity contribution is 0.684. The monoisotopic (exact) mass is 283 g/mol. The molecule has 2 aromatic rings. The summed E-state index contributed by atoms with van der Waals surface area (Å²) in [5.41, 5.74) is 3.32. The minimum Gasteiger partial charge on any atom is -0.370 e. The molecule has 0 spiro atoms. The smallest absolute Gasteiger partial charge is 0.161 e. The molecule has 0 saturated carbocycles. The molecule has 3 heteroatoms. The van der Waals surface area contributed by atoms with Gasteiger partial charge in [0.05, 0.1) is 0 Å². The van der Waals surface area contributed by atoms with E-state index in [1.165, 1.54) is 31.2 Å². The van der Waals surface area contributed by atoms with Crippen molar-refractivity contribution in [3.05, 3.63) is 41.6 Å². The number of aromatic nitrogens is 2. The van der Waals surface area contributed by atoms with Crippen molar-refractivity contribution < 1.29 is 0 Å². The first-order chi connectivity index (χ1) is 10.2. The van der Waals surface area contributed by atoms with Crippen molar-refractivity contribution in [1.29, 1.82) is 0 Å². The molecule has 1 heterocycles. The number of hydrogen-bond acceptors (Lipinski definition) is 3. The van der Waals surface area contributed by atoms with Gasteiger partial charge in [0.1, 0.15) is 5.82 Å². The standard InChI is InChI=1S/C18H25N3/c1-4-5-6-7-12-19-17-13-15(3)20-18(21-17)16-10-8-14(2)9-11-16/h8-11,13H,4-7,12H2,1-3H3,(H,19,20,21). The molecule has 0 aliphatic rings. The van der Waals surface area contributed by atoms with E-state index in [0.717, 1.165) is 29.4 Å². The maximum atomic E-state index is 4.63. The van der Waals surface area contributed by atoms with Crippen LogP contribution in [0.2, 0.25) is 0 Å². The normalized spacial score (nSPS) is 10.6. The van der Waals surface area contributed by atoms with E-state index in [4.69, 9.17) is 0 Å². The number of unbranched alkanes of at least 4 members (excludes halogenated alkanes) is 3. The van der Waals surface area contributed by atoms with Crippen molar-refractivity contribution in [1.82, 2.24) is 9.97 Å². The van der Waals surface area contributed by atoms with Crippen molar-refractivity contribution >= 4 is 5.82 Å². The summed E-state index contributed by atoms with van der Waals surface area (Å²) >= 11 is 0. The topological polar surface area (TPSA) is 37.8 Å². The van der Waals surface area contributed by atoms with Gasteiger partial charge in [-0.3, -0.25) is 0 Å². The Balaban J connectivity index is 2.05. The second-order valence-electron chi connectivity index (χ2n) is 5.57. The summed E-state index contributed by atoms with van der Waals surface area (Å²) in [7, 11) is 0. The molecule has 0 aliphatic heterocycles. The Hall–Kier alpha value is -1.90. The first-order valence-corrected chi connectivity index (χ1v) is 7.85. The molecule has 0 unspecified atom stereocenters. The van der Waals surface area contributed by atoms with Gasteiger partial charge in [-0.15, -0.1) is 0 Å². The highest BCUT2D eigenvalue weighted by molar-refractivity contribution is 5.58. The van der Waals surface area contributed by atoms with Gasteiger partial charge in [-0.05, 0) is 20.3 Å². The summed E-state index contributed by atoms with van der Waals surface area (Å²) in [4.78, 5) is 9.17. The average molecular weight is 283 g/mol. The highest BCUT2D eigenvalue weighted by Crippen LogP contribution is 2.18. The zero-order valence-corrected chi connectivity index (χ0v) is 13.3. The summed E-state index contributed by atoms with van der Waals surface area (Å²) in [6, 6.07) is 10.4. The third-order valence-electron chi connectivity index (χ3n) is 3.50. The van der Waals surface area contributed by atoms with Crippen molar-refractivity contribution in [3.63, 3.8) is 0 Å². The van der Waals surface area contributed by atoms with Crippen LogP contribution in [0.5, 0.6) is 0 Å². The van der Waals surface area contributed by atoms with Gasteiger partial charge in [-0.2, -0.15) is 0 Å². The summed E-state index contributed by atoms with van der Waals surface area (Å²) in [6.07, 6.45) is 5.04. The van der Waals surface area contributed by atoms with E-state index < -0.39 is 0 Å². The third-order valence-corrected chi connectivity index (χ3v) is 3.50. The predicted molar refractivity (Wildman–Crippen MR) is 89.6 cm³/mol. The molecule has 2 rings (SSSR count). The number of rotatable bonds is 7. The molecule has 1 N–H and O–H groups in total. The molecular weight excluding hydrogens is 258 g/mol. The lowest BCUT2D eigenvalue weighted by Gasteiger charge is -2.09. The fourth-order valence-electron chi connectivity index (χ4n) is 2.26. The van der Waals surface area contributed by atoms with Crippen LogP contribution in [0.1, 0.15) is 43.9 Å². The van der Waals surface area contributed by atoms with Gasteiger partial charge in [-0.25, -0.2) is 9.97 Å². The summed E-state index contributed by atoms with van der Waals surface area (Å²) < 4.78 is 0. The number of benzene rings is 1. The molecule has 0 bridgehead atoms. The van der Waals surface area contributed by atoms with Crippen LogP contribution in [0.3, 0.4) is 0 Å². The van der Waals surface area contributed by atoms with E-state index in [2.05, 4.69) is 53.4 Å². The van der Waals surface area contributed by atoms with E-state index in [0.29, 0.717) is 0 Å². The van der Waals surface area contributed by atoms with Crippen molar-refractivity contribution in [2.24, 2.45) is 0 Å². The Morgan fingerprint density at radius 3 is 2.43 bits per heavy atom. The number of nitrogens with zero attached hydrogens (tertiary/aromatic N) is 2. The fraction of sp³-hybridized carbons (Fsp3) is 0.444. The van der Waals surface area contributed by atoms with E-state index in [-0.39, 0.29) is 0 Å². The Morgan fingerprint density at radius 1 is 0.952 bits per heavy atom. The predicted octanol–water partition coefficient (Wildman–Crippen LogP) is 4.75. The van der Waals surface area contributed by atoms with Gasteiger partial charge in [-0.1, -0.05) is 56.0 Å². The van der Waals surface area contributed by atoms with E-state index >= 15 is 0 Å². The molecule has 0 atom stereocenters. The van der Waals surface area contributed by atoms with E-state index in [1.807, 2.05) is 13.0 Å². The highest BCUT2D eigenvalue weighted by Gasteiger charge is 2.04. The minimum atomic E-state index is 0.797. The zero-order chi connectivity index (χ0) is 15.1. The molecular formula is C18H25N3. The number of hydrogen-bond donors (Lipinski definition) is 1. The number of aryl methyl sites for hydroxylation is 2. The molecule has 1 aromatic heterocycles. The maximum Gasteiger partial charge on any atom is 0.161 e. The Bertz CT molecular complexity index is 561. The van der Waals surface area contributed by atoms with Crippen molar-refractivity contribution in [2.45, 2.75) is 46.5 Å². The van der Waals surface area contributed by atoms with Crippen LogP contribution in [-0.2, 0) is 0 Å². The van der Waals surface area contributed by atoms with Crippen molar-refractivity contribution in [2.75, 3.05) is 11.9 Å². The number of nitrogens with one attached hydrogen (secondary N) is 1. The molecule has 3 nitrogen and oxygen atoms in total. The zero-order valence-electron chi connectivity index (χ0n) is 13.3. The molecule has 112 valence electrons. The highest BCUT2D eigenvalue weighted by atomic mass is 15.0. The van der Waals surface area contributed by atoms with Gasteiger partial charge in [0, 0.05) is 23.9 Å². The van der Waals surface area contributed by atoms with Crippen LogP contribution in [0, 0.1) is 13.8 Å². The van der Waals surface area contributed by atoms with Gasteiger partial charge in [0.2, 0.25) is 0 Å². The van der Waals surface area contributed by atoms with Gasteiger partial charge in [0.25, 0.3) is 0 Å². The van der Waals surface area contributed by atoms with Crippen LogP contribution in [-0.4, -0.2) is 16.5 Å². The van der Waals surface area contributed by atoms with Crippen LogP contribution < -0.4 is 5.32 Å². The molecule has 21 heavy (non-hydrogen) atoms. The largest absolute Gasteiger partial charge is 0.370 e. The number of anilines is 1. The first-order valence-electron chi connectivity index (χ1n) is 7.85. The first kappa shape index (κ1) is 15.5. The van der Waals surface area contributed by atoms with E-state index in [1.54, 1.807) is 0 Å². The van der Waals surface area contributed by atoms with Crippen LogP contribution in [0.15, 0.2) is 30.3 Å². The lowest BCUT2D eigenvalue weighted by Crippen LogP contribution is -2.05. The van der Waals surface area contributed by atoms with Crippen LogP contribution in [0.4, 0.5) is 5.82 Å². The molecule has 0 aliphatic carbocycles. The lowest BCUT2D eigenvalue weighted by atomic mass is 10.1. The SMILES string of the molecule is CCCCCCNc1cc(C)nc(-c2ccc(C)cc2)n1. The van der Waals surface area contributed by atoms with Gasteiger partial charge < -0.3 is 5.32 Å². The minimum absolute atomic E-state index is 0.797. The third kappa shape index (κ3) is 4.85. The average Bonchev–Trinajstić information content (AvgIpc) is 2.47. The van der Waals surface area contributed by atoms with Crippen LogP contribution >= 0.6 is 0 Å². The fourth-order valence-corrected chi connectivity index (χ4v) is 2.26. The Morgan fingerprint density at radius 2 is 1.71 bits per heavy atom. The second kappa shape index (κ2) is 7.77. The van der Waals surface area contributed by atoms with Gasteiger partial charge in [0.15, 0.2) is 5.82 Å². The molecule has 0 fully saturated rings. The second-order valence-corrected chi connectivity index (χ2v) is 5.57. The van der Waals surface area contributed by atoms with Gasteiger partial charge >= 0.3 is 0 Å². The maximum absolute atomic E-state index is 4.63. The molecule has 0 saturated heterocycles. The molecule has 1 aromatic carbocycles. The summed E-state index contributed by atoms with van der Waals surface area (Å²) in [5.74, 6) is 1.72. The summed E-state index contributed by atoms with van der Waals surface area (Å²) in [6.45, 7) is 7.31. The Labute approximate surface area is 127 Å². The summed E-state index contributed by atoms with van der Waals surface area (Å²) in [5, 5.41) is 3.41. The quantitative estimate of drug-likeness (QED) is 0.745. The Kier molecular flexibility index (Phi) is 5.73. The van der Waals surface area contributed by atoms with E-state index in [9.17, 15) is 0 Å². The molecule has 0 amide bonds.